The first-order valence-electron chi connectivity index (χ1n) is 8.76. The maximum absolute atomic E-state index is 11.3. The van der Waals surface area contributed by atoms with Gasteiger partial charge in [-0.3, -0.25) is 4.90 Å². The molecule has 0 spiro atoms. The molecule has 1 aromatic heterocycles. The number of ether oxygens (including phenoxy) is 2. The summed E-state index contributed by atoms with van der Waals surface area (Å²) >= 11 is 1.64. The summed E-state index contributed by atoms with van der Waals surface area (Å²) in [6.07, 6.45) is 1.92. The summed E-state index contributed by atoms with van der Waals surface area (Å²) in [6, 6.07) is 12.6. The Balaban J connectivity index is 1.64. The predicted molar refractivity (Wildman–Crippen MR) is 101 cm³/mol. The fraction of sp³-hybridized carbons (Fsp3) is 0.500. The highest BCUT2D eigenvalue weighted by atomic mass is 32.1. The van der Waals surface area contributed by atoms with Gasteiger partial charge in [0.25, 0.3) is 0 Å². The van der Waals surface area contributed by atoms with E-state index in [9.17, 15) is 5.11 Å². The monoisotopic (exact) mass is 361 g/mol. The minimum absolute atomic E-state index is 0.268. The molecule has 5 heteroatoms. The quantitative estimate of drug-likeness (QED) is 0.768. The van der Waals surface area contributed by atoms with E-state index in [4.69, 9.17) is 9.47 Å². The SMILES string of the molecule is COC(Cc1ccsc1C1(O)CCN(Cc2ccccc2)CC1)OC. The van der Waals surface area contributed by atoms with Gasteiger partial charge < -0.3 is 14.6 Å². The molecule has 2 heterocycles. The van der Waals surface area contributed by atoms with Crippen molar-refractivity contribution in [3.63, 3.8) is 0 Å². The van der Waals surface area contributed by atoms with Gasteiger partial charge in [-0.2, -0.15) is 0 Å². The van der Waals surface area contributed by atoms with E-state index in [1.54, 1.807) is 25.6 Å². The lowest BCUT2D eigenvalue weighted by Crippen LogP contribution is -2.42. The van der Waals surface area contributed by atoms with Crippen molar-refractivity contribution in [3.05, 3.63) is 57.8 Å². The molecule has 0 amide bonds. The average Bonchev–Trinajstić information content (AvgIpc) is 3.12. The van der Waals surface area contributed by atoms with Crippen molar-refractivity contribution in [2.75, 3.05) is 27.3 Å². The summed E-state index contributed by atoms with van der Waals surface area (Å²) < 4.78 is 10.6. The molecule has 25 heavy (non-hydrogen) atoms. The number of nitrogens with zero attached hydrogens (tertiary/aromatic N) is 1. The largest absolute Gasteiger partial charge is 0.384 e. The number of aliphatic hydroxyl groups is 1. The van der Waals surface area contributed by atoms with Crippen LogP contribution >= 0.6 is 11.3 Å². The van der Waals surface area contributed by atoms with Gasteiger partial charge in [-0.15, -0.1) is 11.3 Å². The molecular weight excluding hydrogens is 334 g/mol. The van der Waals surface area contributed by atoms with Crippen LogP contribution in [-0.2, 0) is 28.0 Å². The lowest BCUT2D eigenvalue weighted by molar-refractivity contribution is -0.101. The summed E-state index contributed by atoms with van der Waals surface area (Å²) in [7, 11) is 3.30. The van der Waals surface area contributed by atoms with E-state index in [1.807, 2.05) is 6.07 Å². The van der Waals surface area contributed by atoms with Crippen molar-refractivity contribution in [2.45, 2.75) is 37.7 Å². The van der Waals surface area contributed by atoms with Crippen LogP contribution in [0.15, 0.2) is 41.8 Å². The summed E-state index contributed by atoms with van der Waals surface area (Å²) in [5.74, 6) is 0. The molecule has 0 bridgehead atoms. The Morgan fingerprint density at radius 2 is 1.80 bits per heavy atom. The Hall–Kier alpha value is -1.24. The molecule has 0 unspecified atom stereocenters. The molecule has 0 saturated carbocycles. The number of methoxy groups -OCH3 is 2. The van der Waals surface area contributed by atoms with Gasteiger partial charge in [0.1, 0.15) is 5.60 Å². The second kappa shape index (κ2) is 8.43. The Morgan fingerprint density at radius 3 is 2.44 bits per heavy atom. The Kier molecular flexibility index (Phi) is 6.25. The van der Waals surface area contributed by atoms with Crippen LogP contribution in [0.25, 0.3) is 0 Å². The molecule has 1 aliphatic rings. The van der Waals surface area contributed by atoms with Crippen molar-refractivity contribution in [1.29, 1.82) is 0 Å². The van der Waals surface area contributed by atoms with E-state index >= 15 is 0 Å². The number of piperidine rings is 1. The number of hydrogen-bond donors (Lipinski definition) is 1. The summed E-state index contributed by atoms with van der Waals surface area (Å²) in [6.45, 7) is 2.76. The van der Waals surface area contributed by atoms with Crippen LogP contribution in [0.2, 0.25) is 0 Å². The van der Waals surface area contributed by atoms with Crippen LogP contribution in [0.5, 0.6) is 0 Å². The van der Waals surface area contributed by atoms with Gasteiger partial charge >= 0.3 is 0 Å². The molecule has 3 rings (SSSR count). The average molecular weight is 362 g/mol. The van der Waals surface area contributed by atoms with E-state index < -0.39 is 5.60 Å². The third-order valence-corrected chi connectivity index (χ3v) is 6.16. The summed E-state index contributed by atoms with van der Waals surface area (Å²) in [5, 5.41) is 13.3. The van der Waals surface area contributed by atoms with Gasteiger partial charge in [0.05, 0.1) is 0 Å². The van der Waals surface area contributed by atoms with Gasteiger partial charge in [0, 0.05) is 45.2 Å². The maximum Gasteiger partial charge on any atom is 0.160 e. The van der Waals surface area contributed by atoms with E-state index in [-0.39, 0.29) is 6.29 Å². The Bertz CT molecular complexity index is 646. The second-order valence-electron chi connectivity index (χ2n) is 6.67. The van der Waals surface area contributed by atoms with Gasteiger partial charge in [0.15, 0.2) is 6.29 Å². The van der Waals surface area contributed by atoms with E-state index in [0.717, 1.165) is 42.9 Å². The van der Waals surface area contributed by atoms with Crippen molar-refractivity contribution in [2.24, 2.45) is 0 Å². The maximum atomic E-state index is 11.3. The van der Waals surface area contributed by atoms with Gasteiger partial charge in [-0.05, 0) is 35.4 Å². The zero-order valence-electron chi connectivity index (χ0n) is 15.0. The van der Waals surface area contributed by atoms with Crippen LogP contribution in [0.1, 0.15) is 28.8 Å². The molecule has 1 fully saturated rings. The third kappa shape index (κ3) is 4.49. The van der Waals surface area contributed by atoms with E-state index in [2.05, 4.69) is 40.6 Å². The third-order valence-electron chi connectivity index (χ3n) is 5.01. The Morgan fingerprint density at radius 1 is 1.12 bits per heavy atom. The minimum atomic E-state index is -0.733. The van der Waals surface area contributed by atoms with Crippen molar-refractivity contribution in [3.8, 4) is 0 Å². The fourth-order valence-corrected chi connectivity index (χ4v) is 4.59. The lowest BCUT2D eigenvalue weighted by Gasteiger charge is -2.38. The van der Waals surface area contributed by atoms with Crippen molar-refractivity contribution < 1.29 is 14.6 Å². The number of thiophene rings is 1. The van der Waals surface area contributed by atoms with Gasteiger partial charge in [-0.1, -0.05) is 30.3 Å². The zero-order valence-corrected chi connectivity index (χ0v) is 15.8. The molecule has 0 radical (unpaired) electrons. The van der Waals surface area contributed by atoms with Gasteiger partial charge in [-0.25, -0.2) is 0 Å². The summed E-state index contributed by atoms with van der Waals surface area (Å²) in [5.41, 5.74) is 1.73. The topological polar surface area (TPSA) is 41.9 Å². The normalized spacial score (nSPS) is 17.9. The van der Waals surface area contributed by atoms with Crippen LogP contribution in [0.4, 0.5) is 0 Å². The van der Waals surface area contributed by atoms with Crippen LogP contribution in [0, 0.1) is 0 Å². The smallest absolute Gasteiger partial charge is 0.160 e. The molecule has 1 N–H and O–H groups in total. The van der Waals surface area contributed by atoms with Crippen molar-refractivity contribution >= 4 is 11.3 Å². The highest BCUT2D eigenvalue weighted by Crippen LogP contribution is 2.39. The molecule has 0 atom stereocenters. The Labute approximate surface area is 154 Å². The highest BCUT2D eigenvalue weighted by molar-refractivity contribution is 7.10. The van der Waals surface area contributed by atoms with Gasteiger partial charge in [0.2, 0.25) is 0 Å². The zero-order chi connectivity index (χ0) is 17.7. The molecule has 4 nitrogen and oxygen atoms in total. The van der Waals surface area contributed by atoms with E-state index in [1.165, 1.54) is 5.56 Å². The molecule has 1 saturated heterocycles. The van der Waals surface area contributed by atoms with Crippen LogP contribution < -0.4 is 0 Å². The summed E-state index contributed by atoms with van der Waals surface area (Å²) in [4.78, 5) is 3.50. The second-order valence-corrected chi connectivity index (χ2v) is 7.59. The molecule has 0 aliphatic carbocycles. The highest BCUT2D eigenvalue weighted by Gasteiger charge is 2.36. The molecule has 1 aromatic carbocycles. The predicted octanol–water partition coefficient (Wildman–Crippen LogP) is 3.39. The lowest BCUT2D eigenvalue weighted by atomic mass is 9.87. The number of likely N-dealkylation sites (tertiary alicyclic amines) is 1. The standard InChI is InChI=1S/C20H27NO3S/c1-23-18(24-2)14-17-8-13-25-19(17)20(22)9-11-21(12-10-20)15-16-6-4-3-5-7-16/h3-8,13,18,22H,9-12,14-15H2,1-2H3. The first kappa shape index (κ1) is 18.5. The first-order valence-corrected chi connectivity index (χ1v) is 9.63. The molecule has 136 valence electrons. The first-order chi connectivity index (χ1) is 12.1. The minimum Gasteiger partial charge on any atom is -0.384 e. The number of hydrogen-bond acceptors (Lipinski definition) is 5. The van der Waals surface area contributed by atoms with Crippen LogP contribution in [0.3, 0.4) is 0 Å². The number of rotatable bonds is 7. The molecular formula is C20H27NO3S. The van der Waals surface area contributed by atoms with Crippen molar-refractivity contribution in [1.82, 2.24) is 4.90 Å². The van der Waals surface area contributed by atoms with E-state index in [0.29, 0.717) is 6.42 Å². The molecule has 2 aromatic rings. The van der Waals surface area contributed by atoms with Crippen LogP contribution in [-0.4, -0.2) is 43.6 Å². The number of benzene rings is 1. The molecule has 1 aliphatic heterocycles. The fourth-order valence-electron chi connectivity index (χ4n) is 3.50.